The van der Waals surface area contributed by atoms with Gasteiger partial charge < -0.3 is 15.0 Å². The van der Waals surface area contributed by atoms with Gasteiger partial charge in [0.15, 0.2) is 5.82 Å². The highest BCUT2D eigenvalue weighted by Crippen LogP contribution is 2.35. The van der Waals surface area contributed by atoms with Crippen molar-refractivity contribution in [3.05, 3.63) is 30.5 Å². The molecule has 132 valence electrons. The minimum absolute atomic E-state index is 0.364. The lowest BCUT2D eigenvalue weighted by atomic mass is 10.1. The van der Waals surface area contributed by atoms with Crippen molar-refractivity contribution in [2.24, 2.45) is 10.9 Å². The predicted octanol–water partition coefficient (Wildman–Crippen LogP) is 2.53. The number of aromatic nitrogens is 2. The topological polar surface area (TPSA) is 54.7 Å². The van der Waals surface area contributed by atoms with E-state index in [9.17, 15) is 0 Å². The van der Waals surface area contributed by atoms with Gasteiger partial charge >= 0.3 is 0 Å². The van der Waals surface area contributed by atoms with Gasteiger partial charge in [-0.25, -0.2) is 9.67 Å². The van der Waals surface area contributed by atoms with Gasteiger partial charge in [0.05, 0.1) is 12.7 Å². The molecule has 1 aromatic carbocycles. The van der Waals surface area contributed by atoms with Crippen LogP contribution in [-0.4, -0.2) is 53.8 Å². The van der Waals surface area contributed by atoms with Gasteiger partial charge in [-0.3, -0.25) is 0 Å². The second-order valence-electron chi connectivity index (χ2n) is 6.84. The average molecular weight is 339 g/mol. The van der Waals surface area contributed by atoms with Gasteiger partial charge in [0.25, 0.3) is 0 Å². The van der Waals surface area contributed by atoms with Crippen molar-refractivity contribution in [2.45, 2.75) is 19.9 Å². The molecule has 1 atom stereocenters. The van der Waals surface area contributed by atoms with Crippen LogP contribution in [0.4, 0.5) is 5.82 Å². The third-order valence-corrected chi connectivity index (χ3v) is 4.85. The van der Waals surface area contributed by atoms with E-state index in [1.165, 1.54) is 0 Å². The summed E-state index contributed by atoms with van der Waals surface area (Å²) in [6, 6.07) is 8.21. The number of nitrogens with zero attached hydrogens (tertiary/aromatic N) is 4. The molecular weight excluding hydrogens is 314 g/mol. The molecule has 1 unspecified atom stereocenters. The normalized spacial score (nSPS) is 21.0. The zero-order valence-corrected chi connectivity index (χ0v) is 14.9. The SMILES string of the molecule is CC1Cn2ncc3c2N=C1N(C)CCCNCCOc1cccc-3c1. The first kappa shape index (κ1) is 16.1. The molecule has 2 aliphatic heterocycles. The molecule has 4 rings (SSSR count). The Bertz CT molecular complexity index is 782. The minimum Gasteiger partial charge on any atom is -0.492 e. The fourth-order valence-electron chi connectivity index (χ4n) is 3.53. The van der Waals surface area contributed by atoms with E-state index in [0.29, 0.717) is 12.5 Å². The van der Waals surface area contributed by atoms with E-state index in [-0.39, 0.29) is 0 Å². The molecule has 0 radical (unpaired) electrons. The molecule has 1 aromatic heterocycles. The number of hydrogen-bond acceptors (Lipinski definition) is 5. The lowest BCUT2D eigenvalue weighted by Gasteiger charge is -2.29. The molecule has 0 saturated heterocycles. The van der Waals surface area contributed by atoms with Crippen LogP contribution in [-0.2, 0) is 6.54 Å². The summed E-state index contributed by atoms with van der Waals surface area (Å²) in [6.07, 6.45) is 3.01. The van der Waals surface area contributed by atoms with Gasteiger partial charge in [0.2, 0.25) is 0 Å². The van der Waals surface area contributed by atoms with Crippen LogP contribution in [0.3, 0.4) is 0 Å². The van der Waals surface area contributed by atoms with E-state index < -0.39 is 0 Å². The van der Waals surface area contributed by atoms with E-state index in [1.807, 2.05) is 23.0 Å². The van der Waals surface area contributed by atoms with E-state index in [2.05, 4.69) is 41.4 Å². The van der Waals surface area contributed by atoms with Crippen molar-refractivity contribution >= 4 is 11.7 Å². The zero-order valence-electron chi connectivity index (χ0n) is 14.9. The zero-order chi connectivity index (χ0) is 17.2. The fraction of sp³-hybridized carbons (Fsp3) is 0.474. The maximum Gasteiger partial charge on any atom is 0.160 e. The van der Waals surface area contributed by atoms with Crippen LogP contribution < -0.4 is 10.1 Å². The Morgan fingerprint density at radius 1 is 1.28 bits per heavy atom. The number of nitrogens with one attached hydrogen (secondary N) is 1. The molecule has 0 aliphatic carbocycles. The standard InChI is InChI=1S/C19H25N5O/c1-14-13-24-19-17(12-21-24)15-5-3-6-16(11-15)25-10-8-20-7-4-9-23(2)18(14)22-19/h3,5-6,11-12,14,20H,4,7-10,13H2,1-2H3. The first-order valence-corrected chi connectivity index (χ1v) is 9.02. The highest BCUT2D eigenvalue weighted by molar-refractivity contribution is 5.90. The number of hydrogen-bond donors (Lipinski definition) is 1. The van der Waals surface area contributed by atoms with Crippen LogP contribution in [0.2, 0.25) is 0 Å². The van der Waals surface area contributed by atoms with Crippen LogP contribution in [0.5, 0.6) is 5.75 Å². The molecule has 25 heavy (non-hydrogen) atoms. The van der Waals surface area contributed by atoms with Crippen LogP contribution >= 0.6 is 0 Å². The maximum atomic E-state index is 5.88. The van der Waals surface area contributed by atoms with E-state index in [0.717, 1.165) is 61.1 Å². The van der Waals surface area contributed by atoms with Gasteiger partial charge in [0.1, 0.15) is 18.2 Å². The number of ether oxygens (including phenoxy) is 1. The Kier molecular flexibility index (Phi) is 4.44. The molecule has 3 heterocycles. The lowest BCUT2D eigenvalue weighted by Crippen LogP contribution is -2.37. The average Bonchev–Trinajstić information content (AvgIpc) is 3.02. The fourth-order valence-corrected chi connectivity index (χ4v) is 3.53. The molecule has 4 bridgehead atoms. The minimum atomic E-state index is 0.364. The summed E-state index contributed by atoms with van der Waals surface area (Å²) in [5, 5.41) is 8.01. The summed E-state index contributed by atoms with van der Waals surface area (Å²) in [7, 11) is 2.14. The van der Waals surface area contributed by atoms with Crippen LogP contribution in [0.15, 0.2) is 35.5 Å². The summed E-state index contributed by atoms with van der Waals surface area (Å²) < 4.78 is 7.90. The number of benzene rings is 1. The monoisotopic (exact) mass is 339 g/mol. The summed E-state index contributed by atoms with van der Waals surface area (Å²) in [4.78, 5) is 7.29. The Balaban J connectivity index is 1.77. The van der Waals surface area contributed by atoms with Crippen molar-refractivity contribution in [1.29, 1.82) is 0 Å². The van der Waals surface area contributed by atoms with Crippen molar-refractivity contribution in [2.75, 3.05) is 33.3 Å². The molecular formula is C19H25N5O. The van der Waals surface area contributed by atoms with Gasteiger partial charge in [-0.15, -0.1) is 0 Å². The third kappa shape index (κ3) is 3.26. The van der Waals surface area contributed by atoms with Gasteiger partial charge in [-0.05, 0) is 30.7 Å². The van der Waals surface area contributed by atoms with Crippen LogP contribution in [0, 0.1) is 5.92 Å². The summed E-state index contributed by atoms with van der Waals surface area (Å²) in [5.41, 5.74) is 2.16. The predicted molar refractivity (Wildman–Crippen MR) is 99.5 cm³/mol. The van der Waals surface area contributed by atoms with E-state index in [1.54, 1.807) is 0 Å². The van der Waals surface area contributed by atoms with Gasteiger partial charge in [-0.2, -0.15) is 5.10 Å². The maximum absolute atomic E-state index is 5.88. The van der Waals surface area contributed by atoms with E-state index >= 15 is 0 Å². The molecule has 0 amide bonds. The van der Waals surface area contributed by atoms with Crippen molar-refractivity contribution in [3.63, 3.8) is 0 Å². The van der Waals surface area contributed by atoms with Crippen molar-refractivity contribution in [1.82, 2.24) is 20.0 Å². The first-order valence-electron chi connectivity index (χ1n) is 9.02. The molecule has 1 N–H and O–H groups in total. The second kappa shape index (κ2) is 6.88. The molecule has 2 aliphatic rings. The number of rotatable bonds is 0. The Morgan fingerprint density at radius 2 is 2.20 bits per heavy atom. The quantitative estimate of drug-likeness (QED) is 0.801. The molecule has 6 heteroatoms. The third-order valence-electron chi connectivity index (χ3n) is 4.85. The summed E-state index contributed by atoms with van der Waals surface area (Å²) >= 11 is 0. The van der Waals surface area contributed by atoms with Crippen molar-refractivity contribution in [3.8, 4) is 16.9 Å². The Morgan fingerprint density at radius 3 is 3.12 bits per heavy atom. The molecule has 0 spiro atoms. The molecule has 6 nitrogen and oxygen atoms in total. The number of fused-ring (bicyclic) bond motifs is 3. The Labute approximate surface area is 148 Å². The summed E-state index contributed by atoms with van der Waals surface area (Å²) in [6.45, 7) is 6.60. The van der Waals surface area contributed by atoms with Crippen LogP contribution in [0.1, 0.15) is 13.3 Å². The summed E-state index contributed by atoms with van der Waals surface area (Å²) in [5.74, 6) is 3.35. The first-order chi connectivity index (χ1) is 12.2. The van der Waals surface area contributed by atoms with Crippen molar-refractivity contribution < 1.29 is 4.74 Å². The molecule has 0 fully saturated rings. The largest absolute Gasteiger partial charge is 0.492 e. The van der Waals surface area contributed by atoms with Gasteiger partial charge in [-0.1, -0.05) is 19.1 Å². The van der Waals surface area contributed by atoms with Gasteiger partial charge in [0, 0.05) is 31.6 Å². The smallest absolute Gasteiger partial charge is 0.160 e. The number of amidine groups is 1. The number of aliphatic imine (C=N–C) groups is 1. The lowest BCUT2D eigenvalue weighted by molar-refractivity contribution is 0.312. The molecule has 2 aromatic rings. The highest BCUT2D eigenvalue weighted by Gasteiger charge is 2.25. The second-order valence-corrected chi connectivity index (χ2v) is 6.84. The van der Waals surface area contributed by atoms with Crippen LogP contribution in [0.25, 0.3) is 11.1 Å². The Hall–Kier alpha value is -2.34. The van der Waals surface area contributed by atoms with E-state index in [4.69, 9.17) is 9.73 Å². The highest BCUT2D eigenvalue weighted by atomic mass is 16.5. The molecule has 0 saturated carbocycles.